The zero-order chi connectivity index (χ0) is 16.1. The first-order valence-electron chi connectivity index (χ1n) is 7.52. The van der Waals surface area contributed by atoms with Crippen molar-refractivity contribution in [3.63, 3.8) is 0 Å². The number of ether oxygens (including phenoxy) is 2. The van der Waals surface area contributed by atoms with Crippen molar-refractivity contribution in [1.82, 2.24) is 4.90 Å². The molecule has 0 saturated carbocycles. The molecule has 0 radical (unpaired) electrons. The average Bonchev–Trinajstić information content (AvgIpc) is 2.52. The number of halogens is 2. The van der Waals surface area contributed by atoms with Crippen molar-refractivity contribution in [2.75, 3.05) is 26.8 Å². The van der Waals surface area contributed by atoms with Crippen molar-refractivity contribution in [2.24, 2.45) is 0 Å². The van der Waals surface area contributed by atoms with Gasteiger partial charge in [0.15, 0.2) is 0 Å². The van der Waals surface area contributed by atoms with Crippen LogP contribution in [-0.4, -0.2) is 37.7 Å². The Balaban J connectivity index is 2.43. The van der Waals surface area contributed by atoms with Crippen LogP contribution in [-0.2, 0) is 9.53 Å². The van der Waals surface area contributed by atoms with Crippen LogP contribution in [0.25, 0.3) is 0 Å². The van der Waals surface area contributed by atoms with Crippen LogP contribution in [0.15, 0.2) is 12.1 Å². The van der Waals surface area contributed by atoms with Gasteiger partial charge in [0, 0.05) is 11.6 Å². The molecule has 22 heavy (non-hydrogen) atoms. The summed E-state index contributed by atoms with van der Waals surface area (Å²) in [6, 6.07) is 2.85. The molecule has 1 aromatic carbocycles. The molecule has 1 aliphatic rings. The monoisotopic (exact) mass is 345 g/mol. The highest BCUT2D eigenvalue weighted by molar-refractivity contribution is 6.42. The molecule has 0 spiro atoms. The van der Waals surface area contributed by atoms with Gasteiger partial charge in [-0.1, -0.05) is 29.6 Å². The predicted octanol–water partition coefficient (Wildman–Crippen LogP) is 4.09. The molecule has 0 amide bonds. The van der Waals surface area contributed by atoms with Gasteiger partial charge < -0.3 is 9.47 Å². The number of carbonyl (C=O) groups excluding carboxylic acids is 1. The van der Waals surface area contributed by atoms with Crippen LogP contribution in [0.5, 0.6) is 5.75 Å². The number of hydrogen-bond donors (Lipinski definition) is 0. The van der Waals surface area contributed by atoms with Gasteiger partial charge >= 0.3 is 5.97 Å². The van der Waals surface area contributed by atoms with Gasteiger partial charge in [-0.2, -0.15) is 0 Å². The Morgan fingerprint density at radius 2 is 1.86 bits per heavy atom. The number of benzene rings is 1. The Bertz CT molecular complexity index is 530. The van der Waals surface area contributed by atoms with E-state index in [0.717, 1.165) is 25.9 Å². The first-order chi connectivity index (χ1) is 10.6. The fraction of sp³-hybridized carbons (Fsp3) is 0.562. The van der Waals surface area contributed by atoms with Crippen LogP contribution in [0, 0.1) is 0 Å². The fourth-order valence-corrected chi connectivity index (χ4v) is 3.13. The van der Waals surface area contributed by atoms with Crippen molar-refractivity contribution >= 4 is 29.2 Å². The highest BCUT2D eigenvalue weighted by Gasteiger charge is 2.32. The lowest BCUT2D eigenvalue weighted by molar-refractivity contribution is -0.150. The second kappa shape index (κ2) is 8.04. The quantitative estimate of drug-likeness (QED) is 0.753. The zero-order valence-corrected chi connectivity index (χ0v) is 14.4. The molecule has 1 atom stereocenters. The van der Waals surface area contributed by atoms with E-state index in [-0.39, 0.29) is 5.97 Å². The van der Waals surface area contributed by atoms with Gasteiger partial charge in [0.2, 0.25) is 0 Å². The zero-order valence-electron chi connectivity index (χ0n) is 12.9. The summed E-state index contributed by atoms with van der Waals surface area (Å²) in [5.41, 5.74) is 0.706. The van der Waals surface area contributed by atoms with Crippen molar-refractivity contribution in [3.8, 4) is 5.75 Å². The molecule has 6 heteroatoms. The summed E-state index contributed by atoms with van der Waals surface area (Å²) in [6.07, 6.45) is 3.32. The first kappa shape index (κ1) is 17.4. The number of hydrogen-bond acceptors (Lipinski definition) is 4. The third-order valence-corrected chi connectivity index (χ3v) is 4.56. The first-order valence-corrected chi connectivity index (χ1v) is 8.27. The molecule has 1 aliphatic heterocycles. The van der Waals surface area contributed by atoms with Gasteiger partial charge in [-0.05, 0) is 38.9 Å². The minimum atomic E-state index is -0.509. The molecule has 1 heterocycles. The number of likely N-dealkylation sites (tertiary alicyclic amines) is 1. The standard InChI is InChI=1S/C16H21Cl2NO3/c1-3-22-16(20)15(19-7-5-4-6-8-19)11-9-12(17)13(18)10-14(11)21-2/h9-10,15H,3-8H2,1-2H3. The minimum absolute atomic E-state index is 0.277. The number of piperidine rings is 1. The summed E-state index contributed by atoms with van der Waals surface area (Å²) in [6.45, 7) is 3.85. The number of carbonyl (C=O) groups is 1. The van der Waals surface area contributed by atoms with Gasteiger partial charge in [0.25, 0.3) is 0 Å². The lowest BCUT2D eigenvalue weighted by Gasteiger charge is -2.33. The largest absolute Gasteiger partial charge is 0.496 e. The molecule has 1 unspecified atom stereocenters. The summed E-state index contributed by atoms with van der Waals surface area (Å²) in [5.74, 6) is 0.277. The summed E-state index contributed by atoms with van der Waals surface area (Å²) in [4.78, 5) is 14.6. The van der Waals surface area contributed by atoms with Crippen LogP contribution in [0.2, 0.25) is 10.0 Å². The van der Waals surface area contributed by atoms with E-state index in [4.69, 9.17) is 32.7 Å². The molecule has 0 N–H and O–H groups in total. The topological polar surface area (TPSA) is 38.8 Å². The molecular formula is C16H21Cl2NO3. The molecule has 0 aliphatic carbocycles. The molecule has 122 valence electrons. The Hall–Kier alpha value is -0.970. The van der Waals surface area contributed by atoms with E-state index in [1.54, 1.807) is 26.2 Å². The molecule has 0 aromatic heterocycles. The van der Waals surface area contributed by atoms with Crippen molar-refractivity contribution in [2.45, 2.75) is 32.2 Å². The molecule has 1 saturated heterocycles. The molecule has 2 rings (SSSR count). The van der Waals surface area contributed by atoms with Crippen LogP contribution in [0.4, 0.5) is 0 Å². The number of esters is 1. The summed E-state index contributed by atoms with van der Waals surface area (Å²) >= 11 is 12.2. The third kappa shape index (κ3) is 3.86. The van der Waals surface area contributed by atoms with Gasteiger partial charge in [0.05, 0.1) is 23.8 Å². The number of rotatable bonds is 5. The predicted molar refractivity (Wildman–Crippen MR) is 87.8 cm³/mol. The van der Waals surface area contributed by atoms with E-state index in [0.29, 0.717) is 28.0 Å². The Morgan fingerprint density at radius 1 is 1.23 bits per heavy atom. The Kier molecular flexibility index (Phi) is 6.36. The van der Waals surface area contributed by atoms with Crippen LogP contribution >= 0.6 is 23.2 Å². The fourth-order valence-electron chi connectivity index (χ4n) is 2.80. The van der Waals surface area contributed by atoms with Crippen LogP contribution in [0.1, 0.15) is 37.8 Å². The van der Waals surface area contributed by atoms with E-state index in [9.17, 15) is 4.79 Å². The lowest BCUT2D eigenvalue weighted by Crippen LogP contribution is -2.39. The molecule has 4 nitrogen and oxygen atoms in total. The third-order valence-electron chi connectivity index (χ3n) is 3.83. The summed E-state index contributed by atoms with van der Waals surface area (Å²) in [7, 11) is 1.56. The van der Waals surface area contributed by atoms with Crippen molar-refractivity contribution in [3.05, 3.63) is 27.7 Å². The lowest BCUT2D eigenvalue weighted by atomic mass is 10.0. The Labute approximate surface area is 141 Å². The average molecular weight is 346 g/mol. The maximum absolute atomic E-state index is 12.5. The maximum atomic E-state index is 12.5. The van der Waals surface area contributed by atoms with Crippen LogP contribution < -0.4 is 4.74 Å². The van der Waals surface area contributed by atoms with E-state index in [2.05, 4.69) is 4.90 Å². The molecule has 1 fully saturated rings. The minimum Gasteiger partial charge on any atom is -0.496 e. The summed E-state index contributed by atoms with van der Waals surface area (Å²) < 4.78 is 10.7. The van der Waals surface area contributed by atoms with E-state index < -0.39 is 6.04 Å². The van der Waals surface area contributed by atoms with Crippen molar-refractivity contribution < 1.29 is 14.3 Å². The number of nitrogens with zero attached hydrogens (tertiary/aromatic N) is 1. The van der Waals surface area contributed by atoms with Gasteiger partial charge in [-0.15, -0.1) is 0 Å². The number of methoxy groups -OCH3 is 1. The van der Waals surface area contributed by atoms with E-state index in [1.807, 2.05) is 0 Å². The van der Waals surface area contributed by atoms with Gasteiger partial charge in [0.1, 0.15) is 11.8 Å². The second-order valence-corrected chi connectivity index (χ2v) is 6.07. The van der Waals surface area contributed by atoms with E-state index >= 15 is 0 Å². The normalized spacial score (nSPS) is 17.1. The molecule has 0 bridgehead atoms. The molecule has 1 aromatic rings. The Morgan fingerprint density at radius 3 is 2.45 bits per heavy atom. The van der Waals surface area contributed by atoms with Crippen LogP contribution in [0.3, 0.4) is 0 Å². The van der Waals surface area contributed by atoms with E-state index in [1.165, 1.54) is 6.42 Å². The van der Waals surface area contributed by atoms with Gasteiger partial charge in [-0.3, -0.25) is 4.90 Å². The highest BCUT2D eigenvalue weighted by Crippen LogP contribution is 2.37. The van der Waals surface area contributed by atoms with Gasteiger partial charge in [-0.25, -0.2) is 4.79 Å². The molecular weight excluding hydrogens is 325 g/mol. The maximum Gasteiger partial charge on any atom is 0.328 e. The van der Waals surface area contributed by atoms with Crippen molar-refractivity contribution in [1.29, 1.82) is 0 Å². The SMILES string of the molecule is CCOC(=O)C(c1cc(Cl)c(Cl)cc1OC)N1CCCCC1. The smallest absolute Gasteiger partial charge is 0.328 e. The highest BCUT2D eigenvalue weighted by atomic mass is 35.5. The second-order valence-electron chi connectivity index (χ2n) is 5.26. The summed E-state index contributed by atoms with van der Waals surface area (Å²) in [5, 5.41) is 0.812.